The predicted octanol–water partition coefficient (Wildman–Crippen LogP) is 5.86. The monoisotopic (exact) mass is 507 g/mol. The molecule has 1 N–H and O–H groups in total. The van der Waals surface area contributed by atoms with Crippen molar-refractivity contribution in [1.82, 2.24) is 20.2 Å². The number of hydrogen-bond acceptors (Lipinski definition) is 4. The molecular formula is C27H27Cl2N5O. The number of hydrogen-bond donors (Lipinski definition) is 1. The second-order valence-corrected chi connectivity index (χ2v) is 9.99. The summed E-state index contributed by atoms with van der Waals surface area (Å²) < 4.78 is 0. The molecule has 180 valence electrons. The molecule has 2 aromatic carbocycles. The van der Waals surface area contributed by atoms with Gasteiger partial charge >= 0.3 is 6.03 Å². The van der Waals surface area contributed by atoms with E-state index in [4.69, 9.17) is 23.2 Å². The van der Waals surface area contributed by atoms with Crippen LogP contribution in [0.1, 0.15) is 42.3 Å². The van der Waals surface area contributed by atoms with Gasteiger partial charge in [0.2, 0.25) is 0 Å². The largest absolute Gasteiger partial charge is 0.352 e. The molecule has 0 spiro atoms. The van der Waals surface area contributed by atoms with Crippen molar-refractivity contribution in [3.8, 4) is 0 Å². The lowest BCUT2D eigenvalue weighted by Gasteiger charge is -2.41. The molecule has 0 saturated carbocycles. The van der Waals surface area contributed by atoms with Gasteiger partial charge < -0.3 is 15.1 Å². The number of benzene rings is 2. The fourth-order valence-electron chi connectivity index (χ4n) is 4.77. The van der Waals surface area contributed by atoms with Gasteiger partial charge in [0, 0.05) is 47.7 Å². The van der Waals surface area contributed by atoms with E-state index in [9.17, 15) is 4.79 Å². The molecule has 2 heterocycles. The zero-order valence-electron chi connectivity index (χ0n) is 19.7. The van der Waals surface area contributed by atoms with Gasteiger partial charge in [0.25, 0.3) is 0 Å². The average Bonchev–Trinajstić information content (AvgIpc) is 3.29. The van der Waals surface area contributed by atoms with Gasteiger partial charge in [0.1, 0.15) is 12.1 Å². The normalized spacial score (nSPS) is 18.2. The van der Waals surface area contributed by atoms with E-state index in [0.29, 0.717) is 24.7 Å². The number of halogens is 2. The maximum absolute atomic E-state index is 13.0. The number of rotatable bonds is 4. The Labute approximate surface area is 215 Å². The molecule has 1 aromatic heterocycles. The van der Waals surface area contributed by atoms with E-state index < -0.39 is 0 Å². The zero-order chi connectivity index (χ0) is 24.5. The van der Waals surface area contributed by atoms with Gasteiger partial charge in [-0.1, -0.05) is 47.5 Å². The summed E-state index contributed by atoms with van der Waals surface area (Å²) in [6.45, 7) is 6.09. The van der Waals surface area contributed by atoms with Crippen molar-refractivity contribution in [1.29, 1.82) is 0 Å². The molecule has 8 heteroatoms. The predicted molar refractivity (Wildman–Crippen MR) is 142 cm³/mol. The number of carbonyl (C=O) groups is 1. The summed E-state index contributed by atoms with van der Waals surface area (Å²) in [6, 6.07) is 15.3. The summed E-state index contributed by atoms with van der Waals surface area (Å²) >= 11 is 12.1. The number of carbonyl (C=O) groups excluding carboxylic acids is 1. The minimum absolute atomic E-state index is 0.0351. The Balaban J connectivity index is 1.27. The van der Waals surface area contributed by atoms with Gasteiger partial charge in [-0.15, -0.1) is 0 Å². The molecule has 1 saturated heterocycles. The zero-order valence-corrected chi connectivity index (χ0v) is 21.2. The highest BCUT2D eigenvalue weighted by atomic mass is 35.5. The van der Waals surface area contributed by atoms with Crippen LogP contribution in [0.3, 0.4) is 0 Å². The number of amides is 2. The van der Waals surface area contributed by atoms with E-state index in [2.05, 4.69) is 33.2 Å². The highest BCUT2D eigenvalue weighted by Crippen LogP contribution is 2.35. The van der Waals surface area contributed by atoms with Crippen LogP contribution in [0.4, 0.5) is 10.6 Å². The summed E-state index contributed by atoms with van der Waals surface area (Å²) in [5, 5.41) is 4.53. The van der Waals surface area contributed by atoms with Gasteiger partial charge in [-0.3, -0.25) is 0 Å². The molecule has 0 bridgehead atoms. The van der Waals surface area contributed by atoms with Crippen LogP contribution in [-0.2, 0) is 6.42 Å². The van der Waals surface area contributed by atoms with Crippen LogP contribution in [0.2, 0.25) is 10.0 Å². The molecule has 0 radical (unpaired) electrons. The third-order valence-corrected chi connectivity index (χ3v) is 7.24. The van der Waals surface area contributed by atoms with Crippen LogP contribution >= 0.6 is 23.2 Å². The first kappa shape index (κ1) is 23.6. The molecule has 2 atom stereocenters. The lowest BCUT2D eigenvalue weighted by molar-refractivity contribution is 0.168. The standard InChI is InChI=1S/C27H27Cl2N5O/c1-17-15-33(11-12-34(17)27(35)32-18(2)19-3-7-22(28)8-4-19)26-24-13-21(14-25(24)30-16-31-26)20-5-9-23(29)10-6-20/h3-10,13,16-18H,11-12,14-15H2,1-2H3,(H,32,35)/t17-,18-/m1/s1. The molecule has 1 aliphatic carbocycles. The van der Waals surface area contributed by atoms with Gasteiger partial charge in [-0.2, -0.15) is 0 Å². The van der Waals surface area contributed by atoms with E-state index in [1.54, 1.807) is 6.33 Å². The summed E-state index contributed by atoms with van der Waals surface area (Å²) in [6.07, 6.45) is 4.60. The molecule has 5 rings (SSSR count). The van der Waals surface area contributed by atoms with Crippen LogP contribution in [-0.4, -0.2) is 46.6 Å². The Morgan fingerprint density at radius 1 is 1.03 bits per heavy atom. The number of piperazine rings is 1. The first-order valence-electron chi connectivity index (χ1n) is 11.8. The van der Waals surface area contributed by atoms with Gasteiger partial charge in [-0.25, -0.2) is 14.8 Å². The number of allylic oxidation sites excluding steroid dienone is 1. The molecule has 1 fully saturated rings. The Kier molecular flexibility index (Phi) is 6.67. The highest BCUT2D eigenvalue weighted by Gasteiger charge is 2.31. The number of aromatic nitrogens is 2. The smallest absolute Gasteiger partial charge is 0.318 e. The molecule has 35 heavy (non-hydrogen) atoms. The molecule has 1 aliphatic heterocycles. The Morgan fingerprint density at radius 3 is 2.40 bits per heavy atom. The van der Waals surface area contributed by atoms with Crippen LogP contribution in [0.25, 0.3) is 11.6 Å². The van der Waals surface area contributed by atoms with Crippen molar-refractivity contribution in [2.24, 2.45) is 0 Å². The van der Waals surface area contributed by atoms with E-state index >= 15 is 0 Å². The number of nitrogens with zero attached hydrogens (tertiary/aromatic N) is 4. The molecule has 0 unspecified atom stereocenters. The summed E-state index contributed by atoms with van der Waals surface area (Å²) in [4.78, 5) is 26.4. The third-order valence-electron chi connectivity index (χ3n) is 6.73. The maximum atomic E-state index is 13.0. The van der Waals surface area contributed by atoms with Crippen molar-refractivity contribution in [2.45, 2.75) is 32.4 Å². The lowest BCUT2D eigenvalue weighted by atomic mass is 10.1. The van der Waals surface area contributed by atoms with Crippen LogP contribution in [0, 0.1) is 0 Å². The van der Waals surface area contributed by atoms with Crippen LogP contribution in [0.5, 0.6) is 0 Å². The summed E-state index contributed by atoms with van der Waals surface area (Å²) in [5.41, 5.74) is 5.47. The third kappa shape index (κ3) is 5.00. The summed E-state index contributed by atoms with van der Waals surface area (Å²) in [5.74, 6) is 0.931. The second kappa shape index (κ2) is 9.88. The number of nitrogens with one attached hydrogen (secondary N) is 1. The van der Waals surface area contributed by atoms with E-state index in [0.717, 1.165) is 39.6 Å². The van der Waals surface area contributed by atoms with Crippen LogP contribution < -0.4 is 10.2 Å². The Hall–Kier alpha value is -3.09. The van der Waals surface area contributed by atoms with E-state index in [1.807, 2.05) is 60.4 Å². The van der Waals surface area contributed by atoms with Crippen molar-refractivity contribution >= 4 is 46.7 Å². The number of urea groups is 1. The number of fused-ring (bicyclic) bond motifs is 1. The maximum Gasteiger partial charge on any atom is 0.318 e. The first-order chi connectivity index (χ1) is 16.9. The second-order valence-electron chi connectivity index (χ2n) is 9.12. The fourth-order valence-corrected chi connectivity index (χ4v) is 5.02. The van der Waals surface area contributed by atoms with Crippen molar-refractivity contribution in [3.63, 3.8) is 0 Å². The Morgan fingerprint density at radius 2 is 1.71 bits per heavy atom. The molecule has 2 amide bonds. The van der Waals surface area contributed by atoms with Gasteiger partial charge in [-0.05, 0) is 60.9 Å². The van der Waals surface area contributed by atoms with Crippen LogP contribution in [0.15, 0.2) is 54.9 Å². The minimum atomic E-state index is -0.105. The SMILES string of the molecule is C[C@@H]1CN(c2ncnc3c2C=C(c2ccc(Cl)cc2)C3)CCN1C(=O)N[C@H](C)c1ccc(Cl)cc1. The molecule has 2 aliphatic rings. The van der Waals surface area contributed by atoms with Gasteiger partial charge in [0.15, 0.2) is 0 Å². The first-order valence-corrected chi connectivity index (χ1v) is 12.5. The highest BCUT2D eigenvalue weighted by molar-refractivity contribution is 6.30. The number of anilines is 1. The Bertz CT molecular complexity index is 1260. The van der Waals surface area contributed by atoms with Crippen molar-refractivity contribution in [3.05, 3.63) is 87.3 Å². The van der Waals surface area contributed by atoms with E-state index in [1.165, 1.54) is 5.57 Å². The quantitative estimate of drug-likeness (QED) is 0.480. The topological polar surface area (TPSA) is 61.4 Å². The average molecular weight is 508 g/mol. The molecule has 6 nitrogen and oxygen atoms in total. The van der Waals surface area contributed by atoms with Crippen molar-refractivity contribution in [2.75, 3.05) is 24.5 Å². The fraction of sp³-hybridized carbons (Fsp3) is 0.296. The minimum Gasteiger partial charge on any atom is -0.352 e. The summed E-state index contributed by atoms with van der Waals surface area (Å²) in [7, 11) is 0. The lowest BCUT2D eigenvalue weighted by Crippen LogP contribution is -2.57. The van der Waals surface area contributed by atoms with Crippen molar-refractivity contribution < 1.29 is 4.79 Å². The molecular weight excluding hydrogens is 481 g/mol. The van der Waals surface area contributed by atoms with E-state index in [-0.39, 0.29) is 18.1 Å². The van der Waals surface area contributed by atoms with Gasteiger partial charge in [0.05, 0.1) is 11.7 Å². The molecule has 3 aromatic rings.